The highest BCUT2D eigenvalue weighted by molar-refractivity contribution is 7.09. The van der Waals surface area contributed by atoms with Gasteiger partial charge in [-0.15, -0.1) is 11.3 Å². The zero-order valence-corrected chi connectivity index (χ0v) is 15.9. The summed E-state index contributed by atoms with van der Waals surface area (Å²) in [5.41, 5.74) is 2.73. The van der Waals surface area contributed by atoms with Crippen LogP contribution in [0.4, 0.5) is 0 Å². The summed E-state index contributed by atoms with van der Waals surface area (Å²) < 4.78 is 2.17. The summed E-state index contributed by atoms with van der Waals surface area (Å²) in [4.78, 5) is 26.7. The summed E-state index contributed by atoms with van der Waals surface area (Å²) in [5.74, 6) is -0.909. The molecule has 0 bridgehead atoms. The average molecular weight is 362 g/mol. The van der Waals surface area contributed by atoms with Crippen molar-refractivity contribution >= 4 is 23.1 Å². The Morgan fingerprint density at radius 1 is 1.28 bits per heavy atom. The Balaban J connectivity index is 2.08. The summed E-state index contributed by atoms with van der Waals surface area (Å²) in [6.45, 7) is 7.46. The van der Waals surface area contributed by atoms with Gasteiger partial charge in [-0.05, 0) is 50.7 Å². The lowest BCUT2D eigenvalue weighted by molar-refractivity contribution is -0.138. The van der Waals surface area contributed by atoms with Gasteiger partial charge in [0.2, 0.25) is 0 Å². The maximum atomic E-state index is 12.7. The minimum Gasteiger partial charge on any atom is -0.480 e. The highest BCUT2D eigenvalue weighted by Gasteiger charge is 2.19. The number of aromatic nitrogens is 1. The molecule has 5 nitrogen and oxygen atoms in total. The van der Waals surface area contributed by atoms with E-state index in [-0.39, 0.29) is 18.9 Å². The second-order valence-electron chi connectivity index (χ2n) is 6.29. The highest BCUT2D eigenvalue weighted by Crippen LogP contribution is 2.18. The van der Waals surface area contributed by atoms with Crippen molar-refractivity contribution in [2.75, 3.05) is 19.6 Å². The standard InChI is InChI=1S/C19H26N2O3S/c1-4-8-20(13-19(23)24)12-18(22)17-11-14(2)21(15(17)3)9-7-16-6-5-10-25-16/h5-6,10-11H,4,7-9,12-13H2,1-3H3,(H,23,24). The zero-order valence-electron chi connectivity index (χ0n) is 15.1. The molecule has 0 aliphatic heterocycles. The first-order valence-corrected chi connectivity index (χ1v) is 9.46. The maximum absolute atomic E-state index is 12.7. The van der Waals surface area contributed by atoms with Crippen molar-refractivity contribution in [2.45, 2.75) is 40.2 Å². The molecule has 25 heavy (non-hydrogen) atoms. The lowest BCUT2D eigenvalue weighted by Gasteiger charge is -2.18. The molecule has 0 aliphatic carbocycles. The van der Waals surface area contributed by atoms with Crippen LogP contribution in [0.3, 0.4) is 0 Å². The molecule has 0 aromatic carbocycles. The number of nitrogens with zero attached hydrogens (tertiary/aromatic N) is 2. The number of carboxylic acid groups (broad SMARTS) is 1. The van der Waals surface area contributed by atoms with E-state index >= 15 is 0 Å². The molecule has 0 atom stereocenters. The van der Waals surface area contributed by atoms with Crippen LogP contribution < -0.4 is 0 Å². The number of hydrogen-bond acceptors (Lipinski definition) is 4. The number of rotatable bonds is 10. The van der Waals surface area contributed by atoms with E-state index in [1.807, 2.05) is 26.8 Å². The van der Waals surface area contributed by atoms with Crippen LogP contribution in [-0.2, 0) is 17.8 Å². The summed E-state index contributed by atoms with van der Waals surface area (Å²) in [7, 11) is 0. The van der Waals surface area contributed by atoms with E-state index in [4.69, 9.17) is 5.11 Å². The molecular formula is C19H26N2O3S. The van der Waals surface area contributed by atoms with Gasteiger partial charge in [0.1, 0.15) is 0 Å². The average Bonchev–Trinajstić information content (AvgIpc) is 3.14. The Hall–Kier alpha value is -1.92. The predicted octanol–water partition coefficient (Wildman–Crippen LogP) is 3.39. The summed E-state index contributed by atoms with van der Waals surface area (Å²) in [6.07, 6.45) is 1.77. The molecule has 1 N–H and O–H groups in total. The third-order valence-corrected chi connectivity index (χ3v) is 5.24. The van der Waals surface area contributed by atoms with E-state index in [1.54, 1.807) is 16.2 Å². The quantitative estimate of drug-likeness (QED) is 0.658. The first kappa shape index (κ1) is 19.4. The second-order valence-corrected chi connectivity index (χ2v) is 7.33. The van der Waals surface area contributed by atoms with Gasteiger partial charge in [0, 0.05) is 28.4 Å². The number of Topliss-reactive ketones (excluding diaryl/α,β-unsaturated/α-hetero) is 1. The molecule has 0 saturated carbocycles. The molecule has 2 heterocycles. The van der Waals surface area contributed by atoms with E-state index < -0.39 is 5.97 Å². The van der Waals surface area contributed by atoms with Crippen molar-refractivity contribution in [1.29, 1.82) is 0 Å². The monoisotopic (exact) mass is 362 g/mol. The van der Waals surface area contributed by atoms with Gasteiger partial charge in [-0.25, -0.2) is 0 Å². The lowest BCUT2D eigenvalue weighted by atomic mass is 10.1. The molecule has 2 aromatic heterocycles. The zero-order chi connectivity index (χ0) is 18.4. The molecule has 0 spiro atoms. The number of hydrogen-bond donors (Lipinski definition) is 1. The van der Waals surface area contributed by atoms with Crippen LogP contribution in [0.15, 0.2) is 23.6 Å². The fourth-order valence-corrected chi connectivity index (χ4v) is 3.81. The van der Waals surface area contributed by atoms with E-state index in [1.165, 1.54) is 4.88 Å². The minimum absolute atomic E-state index is 0.00910. The van der Waals surface area contributed by atoms with Gasteiger partial charge in [-0.3, -0.25) is 14.5 Å². The van der Waals surface area contributed by atoms with E-state index in [9.17, 15) is 9.59 Å². The van der Waals surface area contributed by atoms with Gasteiger partial charge < -0.3 is 9.67 Å². The van der Waals surface area contributed by atoms with Crippen LogP contribution in [0, 0.1) is 13.8 Å². The number of ketones is 1. The molecule has 6 heteroatoms. The molecule has 0 radical (unpaired) electrons. The molecule has 2 rings (SSSR count). The van der Waals surface area contributed by atoms with Crippen LogP contribution >= 0.6 is 11.3 Å². The number of carbonyl (C=O) groups is 2. The Bertz CT molecular complexity index is 719. The van der Waals surface area contributed by atoms with Gasteiger partial charge in [-0.2, -0.15) is 0 Å². The topological polar surface area (TPSA) is 62.5 Å². The minimum atomic E-state index is -0.900. The predicted molar refractivity (Wildman–Crippen MR) is 101 cm³/mol. The van der Waals surface area contributed by atoms with Crippen molar-refractivity contribution in [3.8, 4) is 0 Å². The van der Waals surface area contributed by atoms with Crippen molar-refractivity contribution in [3.63, 3.8) is 0 Å². The van der Waals surface area contributed by atoms with Crippen molar-refractivity contribution in [1.82, 2.24) is 9.47 Å². The van der Waals surface area contributed by atoms with Gasteiger partial charge >= 0.3 is 5.97 Å². The molecule has 0 saturated heterocycles. The molecule has 0 unspecified atom stereocenters. The summed E-state index contributed by atoms with van der Waals surface area (Å²) >= 11 is 1.74. The van der Waals surface area contributed by atoms with Crippen molar-refractivity contribution < 1.29 is 14.7 Å². The van der Waals surface area contributed by atoms with Gasteiger partial charge in [-0.1, -0.05) is 13.0 Å². The molecular weight excluding hydrogens is 336 g/mol. The number of thiophene rings is 1. The molecule has 2 aromatic rings. The SMILES string of the molecule is CCCN(CC(=O)O)CC(=O)c1cc(C)n(CCc2cccs2)c1C. The highest BCUT2D eigenvalue weighted by atomic mass is 32.1. The van der Waals surface area contributed by atoms with E-state index in [2.05, 4.69) is 22.1 Å². The van der Waals surface area contributed by atoms with Gasteiger partial charge in [0.05, 0.1) is 13.1 Å². The van der Waals surface area contributed by atoms with Gasteiger partial charge in [0.25, 0.3) is 0 Å². The second kappa shape index (κ2) is 8.97. The number of carbonyl (C=O) groups excluding carboxylic acids is 1. The Labute approximate surface area is 152 Å². The number of carboxylic acids is 1. The first-order chi connectivity index (χ1) is 11.9. The molecule has 0 fully saturated rings. The summed E-state index contributed by atoms with van der Waals surface area (Å²) in [5, 5.41) is 11.1. The van der Waals surface area contributed by atoms with Crippen LogP contribution in [0.25, 0.3) is 0 Å². The third-order valence-electron chi connectivity index (χ3n) is 4.30. The fraction of sp³-hybridized carbons (Fsp3) is 0.474. The van der Waals surface area contributed by atoms with Crippen LogP contribution in [0.5, 0.6) is 0 Å². The molecule has 136 valence electrons. The maximum Gasteiger partial charge on any atom is 0.317 e. The first-order valence-electron chi connectivity index (χ1n) is 8.58. The summed E-state index contributed by atoms with van der Waals surface area (Å²) in [6, 6.07) is 6.10. The normalized spacial score (nSPS) is 11.2. The molecule has 0 amide bonds. The largest absolute Gasteiger partial charge is 0.480 e. The Kier molecular flexibility index (Phi) is 6.96. The number of aliphatic carboxylic acids is 1. The fourth-order valence-electron chi connectivity index (χ4n) is 3.11. The smallest absolute Gasteiger partial charge is 0.317 e. The van der Waals surface area contributed by atoms with Crippen molar-refractivity contribution in [2.24, 2.45) is 0 Å². The Morgan fingerprint density at radius 2 is 2.04 bits per heavy atom. The van der Waals surface area contributed by atoms with Gasteiger partial charge in [0.15, 0.2) is 5.78 Å². The lowest BCUT2D eigenvalue weighted by Crippen LogP contribution is -2.35. The third kappa shape index (κ3) is 5.28. The van der Waals surface area contributed by atoms with E-state index in [0.717, 1.165) is 30.8 Å². The molecule has 0 aliphatic rings. The Morgan fingerprint density at radius 3 is 2.64 bits per heavy atom. The van der Waals surface area contributed by atoms with Crippen LogP contribution in [0.1, 0.15) is 40.0 Å². The van der Waals surface area contributed by atoms with E-state index in [0.29, 0.717) is 12.1 Å². The number of aryl methyl sites for hydroxylation is 2. The van der Waals surface area contributed by atoms with Crippen LogP contribution in [0.2, 0.25) is 0 Å². The van der Waals surface area contributed by atoms with Crippen molar-refractivity contribution in [3.05, 3.63) is 45.4 Å². The van der Waals surface area contributed by atoms with Crippen LogP contribution in [-0.4, -0.2) is 46.0 Å².